The molecular weight excluding hydrogens is 245 g/mol. The second-order valence-electron chi connectivity index (χ2n) is 2.66. The second-order valence-corrected chi connectivity index (χ2v) is 3.07. The summed E-state index contributed by atoms with van der Waals surface area (Å²) in [7, 11) is 0. The van der Waals surface area contributed by atoms with E-state index in [4.69, 9.17) is 11.6 Å². The van der Waals surface area contributed by atoms with Crippen LogP contribution in [0.3, 0.4) is 0 Å². The summed E-state index contributed by atoms with van der Waals surface area (Å²) in [5.41, 5.74) is -0.102. The summed E-state index contributed by atoms with van der Waals surface area (Å²) in [6.07, 6.45) is -1.08. The molecule has 1 rings (SSSR count). The first-order valence-corrected chi connectivity index (χ1v) is 3.91. The molecule has 0 heterocycles. The van der Waals surface area contributed by atoms with Crippen molar-refractivity contribution >= 4 is 18.6 Å². The van der Waals surface area contributed by atoms with Crippen LogP contribution in [0.5, 0.6) is 0 Å². The summed E-state index contributed by atoms with van der Waals surface area (Å²) in [6, 6.07) is 3.09. The quantitative estimate of drug-likeness (QED) is 0.527. The third-order valence-electron chi connectivity index (χ3n) is 1.45. The van der Waals surface area contributed by atoms with Crippen LogP contribution in [0, 0.1) is 5.82 Å². The molecule has 0 N–H and O–H groups in total. The predicted molar refractivity (Wildman–Crippen MR) is 44.2 cm³/mol. The molecule has 0 aromatic heterocycles. The number of hydrogen-bond acceptors (Lipinski definition) is 0. The molecule has 0 atom stereocenters. The van der Waals surface area contributed by atoms with Crippen LogP contribution in [-0.2, 0) is 6.32 Å². The van der Waals surface area contributed by atoms with E-state index in [1.165, 1.54) is 6.07 Å². The number of hydrogen-bond donors (Lipinski definition) is 0. The van der Waals surface area contributed by atoms with Crippen molar-refractivity contribution in [3.8, 4) is 0 Å². The van der Waals surface area contributed by atoms with Gasteiger partial charge in [-0.05, 0) is 12.1 Å². The fourth-order valence-electron chi connectivity index (χ4n) is 0.934. The van der Waals surface area contributed by atoms with Gasteiger partial charge in [0.15, 0.2) is 0 Å². The van der Waals surface area contributed by atoms with E-state index in [-0.39, 0.29) is 62.0 Å². The van der Waals surface area contributed by atoms with E-state index in [0.717, 1.165) is 12.1 Å². The molecule has 0 saturated carbocycles. The van der Waals surface area contributed by atoms with E-state index in [9.17, 15) is 17.3 Å². The van der Waals surface area contributed by atoms with Gasteiger partial charge < -0.3 is 12.9 Å². The normalized spacial score (nSPS) is 10.9. The van der Waals surface area contributed by atoms with E-state index in [1.807, 2.05) is 0 Å². The van der Waals surface area contributed by atoms with Crippen LogP contribution in [0.15, 0.2) is 18.2 Å². The minimum Gasteiger partial charge on any atom is -0.449 e. The Labute approximate surface area is 126 Å². The maximum Gasteiger partial charge on any atom is 1.00 e. The molecule has 0 aliphatic carbocycles. The third-order valence-corrected chi connectivity index (χ3v) is 1.76. The maximum atomic E-state index is 12.7. The Balaban J connectivity index is 0.00000169. The molecular formula is C7H5BClF4K. The molecule has 0 radical (unpaired) electrons. The van der Waals surface area contributed by atoms with Crippen LogP contribution in [0.4, 0.5) is 17.3 Å². The molecule has 0 amide bonds. The first-order valence-electron chi connectivity index (χ1n) is 3.53. The number of benzene rings is 1. The summed E-state index contributed by atoms with van der Waals surface area (Å²) in [6.45, 7) is -4.92. The van der Waals surface area contributed by atoms with Gasteiger partial charge in [0.05, 0.1) is 5.02 Å². The molecule has 1 aromatic carbocycles. The van der Waals surface area contributed by atoms with Crippen molar-refractivity contribution in [2.75, 3.05) is 0 Å². The van der Waals surface area contributed by atoms with Crippen LogP contribution in [0.25, 0.3) is 0 Å². The van der Waals surface area contributed by atoms with Crippen molar-refractivity contribution in [3.63, 3.8) is 0 Å². The Morgan fingerprint density at radius 1 is 1.21 bits per heavy atom. The van der Waals surface area contributed by atoms with Gasteiger partial charge in [0.25, 0.3) is 0 Å². The van der Waals surface area contributed by atoms with Crippen molar-refractivity contribution < 1.29 is 68.7 Å². The van der Waals surface area contributed by atoms with E-state index >= 15 is 0 Å². The van der Waals surface area contributed by atoms with E-state index in [2.05, 4.69) is 0 Å². The first kappa shape index (κ1) is 14.9. The van der Waals surface area contributed by atoms with E-state index < -0.39 is 19.1 Å². The second kappa shape index (κ2) is 5.86. The zero-order valence-corrected chi connectivity index (χ0v) is 11.3. The summed E-state index contributed by atoms with van der Waals surface area (Å²) in [4.78, 5) is 0. The largest absolute Gasteiger partial charge is 1.00 e. The van der Waals surface area contributed by atoms with Gasteiger partial charge in [-0.25, -0.2) is 4.39 Å². The summed E-state index contributed by atoms with van der Waals surface area (Å²) in [5.74, 6) is -0.820. The minimum atomic E-state index is -4.92. The fraction of sp³-hybridized carbons (Fsp3) is 0.143. The zero-order chi connectivity index (χ0) is 10.1. The van der Waals surface area contributed by atoms with Crippen molar-refractivity contribution in [2.24, 2.45) is 0 Å². The smallest absolute Gasteiger partial charge is 0.449 e. The minimum absolute atomic E-state index is 0. The molecule has 0 saturated heterocycles. The van der Waals surface area contributed by atoms with Crippen LogP contribution in [0.2, 0.25) is 5.02 Å². The van der Waals surface area contributed by atoms with Crippen LogP contribution >= 0.6 is 11.6 Å². The van der Waals surface area contributed by atoms with Gasteiger partial charge in [-0.2, -0.15) is 0 Å². The van der Waals surface area contributed by atoms with Gasteiger partial charge in [0, 0.05) is 0 Å². The number of halogens is 5. The topological polar surface area (TPSA) is 0 Å². The predicted octanol–water partition coefficient (Wildman–Crippen LogP) is 0.412. The molecule has 0 spiro atoms. The third kappa shape index (κ3) is 5.14. The van der Waals surface area contributed by atoms with Crippen LogP contribution in [-0.4, -0.2) is 6.98 Å². The fourth-order valence-corrected chi connectivity index (χ4v) is 1.05. The molecule has 72 valence electrons. The van der Waals surface area contributed by atoms with Gasteiger partial charge in [-0.1, -0.05) is 29.6 Å². The van der Waals surface area contributed by atoms with E-state index in [1.54, 1.807) is 0 Å². The maximum absolute atomic E-state index is 12.7. The monoisotopic (exact) mass is 250 g/mol. The number of rotatable bonds is 2. The van der Waals surface area contributed by atoms with Gasteiger partial charge >= 0.3 is 58.4 Å². The van der Waals surface area contributed by atoms with Crippen LogP contribution < -0.4 is 51.4 Å². The molecule has 0 bridgehead atoms. The molecule has 1 aromatic rings. The van der Waals surface area contributed by atoms with Crippen molar-refractivity contribution in [3.05, 3.63) is 34.6 Å². The molecule has 0 unspecified atom stereocenters. The average Bonchev–Trinajstić information content (AvgIpc) is 1.94. The van der Waals surface area contributed by atoms with Gasteiger partial charge in [0.2, 0.25) is 0 Å². The standard InChI is InChI=1S/C7H5BClF4.K/c9-6-2-1-5(3-7(6)10)4-8(11,12)13;/h1-3H,4H2;/q-1;+1. The SMILES string of the molecule is Fc1cc(C[B-](F)(F)F)ccc1Cl.[K+]. The molecule has 0 nitrogen and oxygen atoms in total. The van der Waals surface area contributed by atoms with Crippen molar-refractivity contribution in [1.82, 2.24) is 0 Å². The Hall–Kier alpha value is 0.931. The Bertz CT molecular complexity index is 315. The van der Waals surface area contributed by atoms with Gasteiger partial charge in [0.1, 0.15) is 5.82 Å². The summed E-state index contributed by atoms with van der Waals surface area (Å²) < 4.78 is 48.3. The van der Waals surface area contributed by atoms with Crippen LogP contribution in [0.1, 0.15) is 5.56 Å². The Morgan fingerprint density at radius 2 is 1.79 bits per heavy atom. The Kier molecular flexibility index (Phi) is 6.25. The zero-order valence-electron chi connectivity index (χ0n) is 7.41. The molecule has 14 heavy (non-hydrogen) atoms. The molecule has 7 heteroatoms. The Morgan fingerprint density at radius 3 is 2.21 bits per heavy atom. The van der Waals surface area contributed by atoms with Gasteiger partial charge in [-0.3, -0.25) is 0 Å². The first-order chi connectivity index (χ1) is 5.88. The average molecular weight is 250 g/mol. The summed E-state index contributed by atoms with van der Waals surface area (Å²) >= 11 is 5.30. The summed E-state index contributed by atoms with van der Waals surface area (Å²) in [5, 5.41) is -0.168. The van der Waals surface area contributed by atoms with Gasteiger partial charge in [-0.15, -0.1) is 0 Å². The molecule has 0 aliphatic rings. The molecule has 0 aliphatic heterocycles. The van der Waals surface area contributed by atoms with Crippen molar-refractivity contribution in [1.29, 1.82) is 0 Å². The van der Waals surface area contributed by atoms with Crippen molar-refractivity contribution in [2.45, 2.75) is 6.32 Å². The molecule has 0 fully saturated rings. The van der Waals surface area contributed by atoms with E-state index in [0.29, 0.717) is 0 Å².